The van der Waals surface area contributed by atoms with Crippen LogP contribution >= 0.6 is 0 Å². The van der Waals surface area contributed by atoms with E-state index < -0.39 is 0 Å². The zero-order valence-electron chi connectivity index (χ0n) is 8.80. The van der Waals surface area contributed by atoms with Crippen LogP contribution in [0.4, 0.5) is 0 Å². The van der Waals surface area contributed by atoms with Crippen molar-refractivity contribution in [2.45, 2.75) is 26.3 Å². The number of hydrogen-bond donors (Lipinski definition) is 2. The van der Waals surface area contributed by atoms with Crippen molar-refractivity contribution in [3.05, 3.63) is 0 Å². The fourth-order valence-corrected chi connectivity index (χ4v) is 0.624. The van der Waals surface area contributed by atoms with E-state index in [0.717, 1.165) is 0 Å². The summed E-state index contributed by atoms with van der Waals surface area (Å²) in [5, 5.41) is 11.6. The average Bonchev–Trinajstić information content (AvgIpc) is 2.01. The van der Waals surface area contributed by atoms with E-state index in [4.69, 9.17) is 14.6 Å². The van der Waals surface area contributed by atoms with E-state index in [1.165, 1.54) is 0 Å². The molecule has 0 unspecified atom stereocenters. The van der Waals surface area contributed by atoms with Gasteiger partial charge in [-0.2, -0.15) is 0 Å². The van der Waals surface area contributed by atoms with Crippen molar-refractivity contribution in [2.75, 3.05) is 33.2 Å². The second-order valence-electron chi connectivity index (χ2n) is 3.82. The summed E-state index contributed by atoms with van der Waals surface area (Å²) < 4.78 is 10.3. The van der Waals surface area contributed by atoms with Crippen LogP contribution in [0.2, 0.25) is 0 Å². The predicted molar refractivity (Wildman–Crippen MR) is 51.6 cm³/mol. The zero-order valence-corrected chi connectivity index (χ0v) is 8.80. The molecule has 13 heavy (non-hydrogen) atoms. The van der Waals surface area contributed by atoms with E-state index in [1.54, 1.807) is 0 Å². The van der Waals surface area contributed by atoms with Gasteiger partial charge in [-0.25, -0.2) is 0 Å². The monoisotopic (exact) mass is 191 g/mol. The lowest BCUT2D eigenvalue weighted by Gasteiger charge is -2.20. The first-order valence-corrected chi connectivity index (χ1v) is 4.57. The Labute approximate surface area is 80.2 Å². The first-order chi connectivity index (χ1) is 6.06. The van der Waals surface area contributed by atoms with Gasteiger partial charge in [0.2, 0.25) is 0 Å². The molecule has 0 bridgehead atoms. The molecule has 0 aromatic rings. The van der Waals surface area contributed by atoms with Crippen LogP contribution in [0.3, 0.4) is 0 Å². The molecular weight excluding hydrogens is 170 g/mol. The lowest BCUT2D eigenvalue weighted by molar-refractivity contribution is 0.0223. The second kappa shape index (κ2) is 7.26. The van der Waals surface area contributed by atoms with Crippen molar-refractivity contribution in [1.29, 1.82) is 0 Å². The summed E-state index contributed by atoms with van der Waals surface area (Å²) in [6, 6.07) is 0. The predicted octanol–water partition coefficient (Wildman–Crippen LogP) is 0.357. The van der Waals surface area contributed by atoms with E-state index in [9.17, 15) is 0 Å². The molecule has 0 saturated heterocycles. The SMILES string of the molecule is CC(C)(C)NCOCCOCCO. The Morgan fingerprint density at radius 1 is 1.08 bits per heavy atom. The Morgan fingerprint density at radius 3 is 2.23 bits per heavy atom. The Kier molecular flexibility index (Phi) is 7.17. The van der Waals surface area contributed by atoms with E-state index in [1.807, 2.05) is 0 Å². The van der Waals surface area contributed by atoms with Crippen molar-refractivity contribution in [1.82, 2.24) is 5.32 Å². The maximum Gasteiger partial charge on any atom is 0.0970 e. The molecule has 0 saturated carbocycles. The van der Waals surface area contributed by atoms with Crippen LogP contribution in [-0.4, -0.2) is 43.8 Å². The van der Waals surface area contributed by atoms with Gasteiger partial charge in [0.1, 0.15) is 0 Å². The normalized spacial score (nSPS) is 12.0. The fourth-order valence-electron chi connectivity index (χ4n) is 0.624. The van der Waals surface area contributed by atoms with Crippen LogP contribution in [0, 0.1) is 0 Å². The van der Waals surface area contributed by atoms with Crippen LogP contribution in [0.5, 0.6) is 0 Å². The summed E-state index contributed by atoms with van der Waals surface area (Å²) in [4.78, 5) is 0. The molecule has 80 valence electrons. The van der Waals surface area contributed by atoms with Crippen LogP contribution in [0.25, 0.3) is 0 Å². The van der Waals surface area contributed by atoms with Gasteiger partial charge in [-0.1, -0.05) is 0 Å². The minimum absolute atomic E-state index is 0.0697. The summed E-state index contributed by atoms with van der Waals surface area (Å²) in [7, 11) is 0. The van der Waals surface area contributed by atoms with Crippen molar-refractivity contribution in [3.8, 4) is 0 Å². The molecule has 0 aliphatic rings. The molecule has 0 aromatic carbocycles. The Hall–Kier alpha value is -0.160. The van der Waals surface area contributed by atoms with Gasteiger partial charge in [-0.05, 0) is 20.8 Å². The van der Waals surface area contributed by atoms with Gasteiger partial charge in [-0.15, -0.1) is 0 Å². The van der Waals surface area contributed by atoms with E-state index in [-0.39, 0.29) is 12.1 Å². The highest BCUT2D eigenvalue weighted by molar-refractivity contribution is 4.67. The zero-order chi connectivity index (χ0) is 10.2. The summed E-state index contributed by atoms with van der Waals surface area (Å²) in [5.74, 6) is 0. The minimum Gasteiger partial charge on any atom is -0.394 e. The molecule has 0 atom stereocenters. The number of aliphatic hydroxyl groups excluding tert-OH is 1. The molecule has 0 radical (unpaired) electrons. The Bertz CT molecular complexity index is 112. The largest absolute Gasteiger partial charge is 0.394 e. The molecule has 4 heteroatoms. The van der Waals surface area contributed by atoms with Crippen molar-refractivity contribution in [2.24, 2.45) is 0 Å². The highest BCUT2D eigenvalue weighted by atomic mass is 16.5. The highest BCUT2D eigenvalue weighted by Crippen LogP contribution is 1.96. The second-order valence-corrected chi connectivity index (χ2v) is 3.82. The summed E-state index contributed by atoms with van der Waals surface area (Å²) >= 11 is 0. The number of ether oxygens (including phenoxy) is 2. The van der Waals surface area contributed by atoms with Crippen LogP contribution < -0.4 is 5.32 Å². The summed E-state index contributed by atoms with van der Waals surface area (Å²) in [6.07, 6.45) is 0. The third kappa shape index (κ3) is 11.8. The maximum atomic E-state index is 8.40. The molecule has 0 rings (SSSR count). The fraction of sp³-hybridized carbons (Fsp3) is 1.00. The molecule has 0 fully saturated rings. The van der Waals surface area contributed by atoms with Gasteiger partial charge in [0.25, 0.3) is 0 Å². The van der Waals surface area contributed by atoms with Crippen molar-refractivity contribution < 1.29 is 14.6 Å². The maximum absolute atomic E-state index is 8.40. The first-order valence-electron chi connectivity index (χ1n) is 4.57. The van der Waals surface area contributed by atoms with Crippen molar-refractivity contribution >= 4 is 0 Å². The molecule has 0 heterocycles. The number of aliphatic hydroxyl groups is 1. The quantitative estimate of drug-likeness (QED) is 0.450. The molecule has 4 nitrogen and oxygen atoms in total. The van der Waals surface area contributed by atoms with Gasteiger partial charge >= 0.3 is 0 Å². The number of nitrogens with one attached hydrogen (secondary N) is 1. The molecule has 0 aliphatic heterocycles. The van der Waals surface area contributed by atoms with E-state index in [0.29, 0.717) is 26.6 Å². The summed E-state index contributed by atoms with van der Waals surface area (Å²) in [6.45, 7) is 8.33. The van der Waals surface area contributed by atoms with Gasteiger partial charge < -0.3 is 14.6 Å². The molecule has 0 aromatic heterocycles. The summed E-state index contributed by atoms with van der Waals surface area (Å²) in [5.41, 5.74) is 0.0892. The van der Waals surface area contributed by atoms with Gasteiger partial charge in [0.15, 0.2) is 0 Å². The molecule has 2 N–H and O–H groups in total. The minimum atomic E-state index is 0.0697. The smallest absolute Gasteiger partial charge is 0.0970 e. The third-order valence-electron chi connectivity index (χ3n) is 1.31. The lowest BCUT2D eigenvalue weighted by Crippen LogP contribution is -2.37. The molecular formula is C9H21NO3. The number of hydrogen-bond acceptors (Lipinski definition) is 4. The van der Waals surface area contributed by atoms with Crippen LogP contribution in [0.15, 0.2) is 0 Å². The Morgan fingerprint density at radius 2 is 1.69 bits per heavy atom. The standard InChI is InChI=1S/C9H21NO3/c1-9(2,3)10-8-13-7-6-12-5-4-11/h10-11H,4-8H2,1-3H3. The molecule has 0 amide bonds. The lowest BCUT2D eigenvalue weighted by atomic mass is 10.1. The average molecular weight is 191 g/mol. The topological polar surface area (TPSA) is 50.7 Å². The van der Waals surface area contributed by atoms with Gasteiger partial charge in [0, 0.05) is 5.54 Å². The first kappa shape index (κ1) is 12.8. The van der Waals surface area contributed by atoms with Crippen molar-refractivity contribution in [3.63, 3.8) is 0 Å². The van der Waals surface area contributed by atoms with Crippen LogP contribution in [0.1, 0.15) is 20.8 Å². The highest BCUT2D eigenvalue weighted by Gasteiger charge is 2.06. The van der Waals surface area contributed by atoms with Crippen LogP contribution in [-0.2, 0) is 9.47 Å². The van der Waals surface area contributed by atoms with E-state index in [2.05, 4.69) is 26.1 Å². The Balaban J connectivity index is 3.00. The number of rotatable bonds is 7. The molecule has 0 aliphatic carbocycles. The van der Waals surface area contributed by atoms with Gasteiger partial charge in [-0.3, -0.25) is 5.32 Å². The third-order valence-corrected chi connectivity index (χ3v) is 1.31. The van der Waals surface area contributed by atoms with E-state index >= 15 is 0 Å². The molecule has 0 spiro atoms. The van der Waals surface area contributed by atoms with Gasteiger partial charge in [0.05, 0.1) is 33.2 Å².